The number of hydrogen-bond acceptors (Lipinski definition) is 2. The molecule has 0 heterocycles. The fourth-order valence-electron chi connectivity index (χ4n) is 2.00. The highest BCUT2D eigenvalue weighted by Gasteiger charge is 2.25. The molecule has 0 spiro atoms. The van der Waals surface area contributed by atoms with Crippen LogP contribution in [-0.4, -0.2) is 6.04 Å². The molecule has 1 unspecified atom stereocenters. The van der Waals surface area contributed by atoms with Gasteiger partial charge in [-0.05, 0) is 37.8 Å². The van der Waals surface area contributed by atoms with E-state index in [1.54, 1.807) is 0 Å². The molecule has 88 valence electrons. The normalized spacial score (nSPS) is 17.9. The van der Waals surface area contributed by atoms with Crippen molar-refractivity contribution in [1.82, 2.24) is 0 Å². The van der Waals surface area contributed by atoms with E-state index in [0.29, 0.717) is 5.92 Å². The molecule has 0 amide bonds. The van der Waals surface area contributed by atoms with Crippen LogP contribution in [0.5, 0.6) is 0 Å². The first kappa shape index (κ1) is 11.2. The molecule has 0 bridgehead atoms. The van der Waals surface area contributed by atoms with Gasteiger partial charge in [-0.1, -0.05) is 6.42 Å². The van der Waals surface area contributed by atoms with E-state index in [1.165, 1.54) is 12.5 Å². The molecule has 1 aromatic rings. The molecule has 1 atom stereocenters. The van der Waals surface area contributed by atoms with Crippen molar-refractivity contribution < 1.29 is 8.78 Å². The van der Waals surface area contributed by atoms with Crippen molar-refractivity contribution >= 4 is 11.4 Å². The molecule has 1 aliphatic rings. The van der Waals surface area contributed by atoms with Crippen LogP contribution in [0.1, 0.15) is 26.2 Å². The second-order valence-corrected chi connectivity index (χ2v) is 4.45. The van der Waals surface area contributed by atoms with Gasteiger partial charge in [0.15, 0.2) is 11.6 Å². The molecule has 2 rings (SSSR count). The number of halogens is 2. The van der Waals surface area contributed by atoms with Crippen molar-refractivity contribution in [2.75, 3.05) is 11.1 Å². The van der Waals surface area contributed by atoms with Crippen molar-refractivity contribution in [3.63, 3.8) is 0 Å². The van der Waals surface area contributed by atoms with Gasteiger partial charge in [0.05, 0.1) is 11.4 Å². The summed E-state index contributed by atoms with van der Waals surface area (Å²) >= 11 is 0. The third-order valence-electron chi connectivity index (χ3n) is 3.36. The van der Waals surface area contributed by atoms with Gasteiger partial charge in [0.25, 0.3) is 0 Å². The molecule has 0 radical (unpaired) electrons. The number of anilines is 2. The van der Waals surface area contributed by atoms with Crippen molar-refractivity contribution in [1.29, 1.82) is 0 Å². The second kappa shape index (κ2) is 4.28. The molecule has 3 N–H and O–H groups in total. The third kappa shape index (κ3) is 1.96. The van der Waals surface area contributed by atoms with Crippen LogP contribution >= 0.6 is 0 Å². The lowest BCUT2D eigenvalue weighted by atomic mass is 9.80. The third-order valence-corrected chi connectivity index (χ3v) is 3.36. The van der Waals surface area contributed by atoms with E-state index in [2.05, 4.69) is 5.32 Å². The molecular formula is C12H16F2N2. The van der Waals surface area contributed by atoms with Crippen molar-refractivity contribution in [3.8, 4) is 0 Å². The summed E-state index contributed by atoms with van der Waals surface area (Å²) in [5, 5.41) is 2.98. The van der Waals surface area contributed by atoms with E-state index >= 15 is 0 Å². The summed E-state index contributed by atoms with van der Waals surface area (Å²) in [6, 6.07) is 2.56. The fourth-order valence-corrected chi connectivity index (χ4v) is 2.00. The quantitative estimate of drug-likeness (QED) is 0.777. The number of benzene rings is 1. The average Bonchev–Trinajstić information content (AvgIpc) is 2.16. The van der Waals surface area contributed by atoms with Gasteiger partial charge in [0.2, 0.25) is 0 Å². The molecular weight excluding hydrogens is 210 g/mol. The Morgan fingerprint density at radius 3 is 2.62 bits per heavy atom. The maximum Gasteiger partial charge on any atom is 0.183 e. The first-order valence-electron chi connectivity index (χ1n) is 5.59. The van der Waals surface area contributed by atoms with Crippen molar-refractivity contribution in [2.24, 2.45) is 5.92 Å². The van der Waals surface area contributed by atoms with Gasteiger partial charge in [-0.3, -0.25) is 0 Å². The van der Waals surface area contributed by atoms with Gasteiger partial charge in [0, 0.05) is 6.04 Å². The number of nitrogen functional groups attached to an aromatic ring is 1. The number of rotatable bonds is 3. The van der Waals surface area contributed by atoms with Crippen molar-refractivity contribution in [3.05, 3.63) is 23.8 Å². The topological polar surface area (TPSA) is 38.0 Å². The standard InChI is InChI=1S/C12H16F2N2/c1-7(8-3-2-4-8)16-12-10(15)6-5-9(13)11(12)14/h5-8,16H,2-4,15H2,1H3. The zero-order valence-electron chi connectivity index (χ0n) is 9.26. The SMILES string of the molecule is CC(Nc1c(N)ccc(F)c1F)C1CCC1. The summed E-state index contributed by atoms with van der Waals surface area (Å²) in [7, 11) is 0. The van der Waals surface area contributed by atoms with Crippen LogP contribution in [0.4, 0.5) is 20.2 Å². The molecule has 0 aliphatic heterocycles. The Labute approximate surface area is 93.8 Å². The lowest BCUT2D eigenvalue weighted by Gasteiger charge is -2.32. The van der Waals surface area contributed by atoms with Crippen LogP contribution in [0.3, 0.4) is 0 Å². The van der Waals surface area contributed by atoms with Crippen LogP contribution in [0.15, 0.2) is 12.1 Å². The fraction of sp³-hybridized carbons (Fsp3) is 0.500. The van der Waals surface area contributed by atoms with Gasteiger partial charge in [-0.15, -0.1) is 0 Å². The predicted molar refractivity (Wildman–Crippen MR) is 61.2 cm³/mol. The molecule has 1 aromatic carbocycles. The highest BCUT2D eigenvalue weighted by molar-refractivity contribution is 5.67. The van der Waals surface area contributed by atoms with Gasteiger partial charge in [-0.25, -0.2) is 8.78 Å². The zero-order valence-corrected chi connectivity index (χ0v) is 9.26. The molecule has 0 aromatic heterocycles. The largest absolute Gasteiger partial charge is 0.397 e. The van der Waals surface area contributed by atoms with Gasteiger partial charge >= 0.3 is 0 Å². The summed E-state index contributed by atoms with van der Waals surface area (Å²) < 4.78 is 26.5. The summed E-state index contributed by atoms with van der Waals surface area (Å²) in [6.45, 7) is 1.98. The van der Waals surface area contributed by atoms with E-state index in [-0.39, 0.29) is 17.4 Å². The molecule has 1 fully saturated rings. The van der Waals surface area contributed by atoms with Gasteiger partial charge < -0.3 is 11.1 Å². The summed E-state index contributed by atoms with van der Waals surface area (Å²) in [6.07, 6.45) is 3.51. The Balaban J connectivity index is 2.16. The molecule has 16 heavy (non-hydrogen) atoms. The van der Waals surface area contributed by atoms with Crippen LogP contribution in [0.2, 0.25) is 0 Å². The molecule has 4 heteroatoms. The molecule has 2 nitrogen and oxygen atoms in total. The lowest BCUT2D eigenvalue weighted by Crippen LogP contribution is -2.31. The first-order valence-corrected chi connectivity index (χ1v) is 5.59. The van der Waals surface area contributed by atoms with E-state index in [0.717, 1.165) is 18.9 Å². The van der Waals surface area contributed by atoms with Gasteiger partial charge in [0.1, 0.15) is 0 Å². The molecule has 1 saturated carbocycles. The van der Waals surface area contributed by atoms with Crippen LogP contribution in [0, 0.1) is 17.6 Å². The average molecular weight is 226 g/mol. The summed E-state index contributed by atoms with van der Waals surface area (Å²) in [5.41, 5.74) is 5.98. The predicted octanol–water partition coefficient (Wildman–Crippen LogP) is 3.15. The van der Waals surface area contributed by atoms with Gasteiger partial charge in [-0.2, -0.15) is 0 Å². The second-order valence-electron chi connectivity index (χ2n) is 4.45. The molecule has 0 saturated heterocycles. The minimum Gasteiger partial charge on any atom is -0.397 e. The minimum absolute atomic E-state index is 0.0967. The van der Waals surface area contributed by atoms with Crippen LogP contribution in [-0.2, 0) is 0 Å². The zero-order chi connectivity index (χ0) is 11.7. The van der Waals surface area contributed by atoms with E-state index < -0.39 is 11.6 Å². The number of nitrogens with one attached hydrogen (secondary N) is 1. The van der Waals surface area contributed by atoms with E-state index in [1.807, 2.05) is 6.92 Å². The Kier molecular flexibility index (Phi) is 2.99. The maximum atomic E-state index is 13.5. The number of nitrogens with two attached hydrogens (primary N) is 1. The minimum atomic E-state index is -0.883. The monoisotopic (exact) mass is 226 g/mol. The number of hydrogen-bond donors (Lipinski definition) is 2. The first-order chi connectivity index (χ1) is 7.59. The highest BCUT2D eigenvalue weighted by atomic mass is 19.2. The smallest absolute Gasteiger partial charge is 0.183 e. The summed E-state index contributed by atoms with van der Waals surface area (Å²) in [4.78, 5) is 0. The lowest BCUT2D eigenvalue weighted by molar-refractivity contribution is 0.284. The Hall–Kier alpha value is -1.32. The van der Waals surface area contributed by atoms with E-state index in [4.69, 9.17) is 5.73 Å². The van der Waals surface area contributed by atoms with Crippen molar-refractivity contribution in [2.45, 2.75) is 32.2 Å². The Bertz CT molecular complexity index is 389. The highest BCUT2D eigenvalue weighted by Crippen LogP contribution is 2.33. The summed E-state index contributed by atoms with van der Waals surface area (Å²) in [5.74, 6) is -1.20. The van der Waals surface area contributed by atoms with Crippen LogP contribution < -0.4 is 11.1 Å². The Morgan fingerprint density at radius 1 is 1.38 bits per heavy atom. The van der Waals surface area contributed by atoms with E-state index in [9.17, 15) is 8.78 Å². The van der Waals surface area contributed by atoms with Crippen LogP contribution in [0.25, 0.3) is 0 Å². The maximum absolute atomic E-state index is 13.5. The molecule has 1 aliphatic carbocycles. The Morgan fingerprint density at radius 2 is 2.06 bits per heavy atom.